The lowest BCUT2D eigenvalue weighted by Gasteiger charge is -2.36. The Morgan fingerprint density at radius 1 is 0.708 bits per heavy atom. The molecule has 1 aromatic rings. The number of hydrogen-bond acceptors (Lipinski definition) is 17. The third kappa shape index (κ3) is 20.6. The van der Waals surface area contributed by atoms with E-state index in [1.165, 1.54) is 12.1 Å². The second kappa shape index (κ2) is 29.5. The molecule has 27 nitrogen and oxygen atoms in total. The summed E-state index contributed by atoms with van der Waals surface area (Å²) in [6.45, 7) is 1.94. The summed E-state index contributed by atoms with van der Waals surface area (Å²) in [5.41, 5.74) is 6.93. The minimum atomic E-state index is -1.83. The van der Waals surface area contributed by atoms with Gasteiger partial charge in [-0.25, -0.2) is 0 Å². The fourth-order valence-corrected chi connectivity index (χ4v) is 8.47. The first kappa shape index (κ1) is 58.6. The lowest BCUT2D eigenvalue weighted by molar-refractivity contribution is -0.140. The van der Waals surface area contributed by atoms with Crippen molar-refractivity contribution in [2.75, 3.05) is 145 Å². The number of piperazine rings is 1. The highest BCUT2D eigenvalue weighted by Gasteiger charge is 2.41. The zero-order valence-electron chi connectivity index (χ0n) is 41.1. The number of carbonyl (C=O) groups is 8. The maximum absolute atomic E-state index is 14.1. The number of aliphatic hydroxyl groups is 1. The van der Waals surface area contributed by atoms with Crippen molar-refractivity contribution in [2.45, 2.75) is 43.9 Å². The van der Waals surface area contributed by atoms with Crippen molar-refractivity contribution in [1.29, 1.82) is 0 Å². The van der Waals surface area contributed by atoms with Gasteiger partial charge in [0.15, 0.2) is 5.96 Å². The van der Waals surface area contributed by atoms with Crippen LogP contribution in [-0.2, 0) is 40.1 Å². The lowest BCUT2D eigenvalue weighted by atomic mass is 9.77. The van der Waals surface area contributed by atoms with Gasteiger partial charge in [-0.15, -0.1) is 0 Å². The molecule has 28 heteroatoms. The van der Waals surface area contributed by atoms with Gasteiger partial charge in [-0.05, 0) is 37.0 Å². The number of nitrogens with zero attached hydrogens (tertiary/aromatic N) is 9. The van der Waals surface area contributed by atoms with Gasteiger partial charge in [0.2, 0.25) is 23.6 Å². The molecule has 0 radical (unpaired) electrons. The minimum Gasteiger partial charge on any atom is -0.480 e. The van der Waals surface area contributed by atoms with Crippen LogP contribution in [0.25, 0.3) is 0 Å². The first-order valence-electron chi connectivity index (χ1n) is 24.0. The van der Waals surface area contributed by atoms with Crippen molar-refractivity contribution in [3.63, 3.8) is 0 Å². The molecule has 11 N–H and O–H groups in total. The van der Waals surface area contributed by atoms with Gasteiger partial charge in [-0.3, -0.25) is 67.8 Å². The lowest BCUT2D eigenvalue weighted by Crippen LogP contribution is -2.57. The maximum Gasteiger partial charge on any atom is 0.475 e. The Hall–Kier alpha value is -6.01. The van der Waals surface area contributed by atoms with E-state index in [0.29, 0.717) is 31.0 Å². The quantitative estimate of drug-likeness (QED) is 0.0224. The highest BCUT2D eigenvalue weighted by Crippen LogP contribution is 2.19. The van der Waals surface area contributed by atoms with Crippen LogP contribution < -0.4 is 21.7 Å². The van der Waals surface area contributed by atoms with Gasteiger partial charge in [-0.1, -0.05) is 12.1 Å². The van der Waals surface area contributed by atoms with E-state index >= 15 is 0 Å². The first-order valence-corrected chi connectivity index (χ1v) is 24.0. The molecular weight excluding hydrogens is 945 g/mol. The molecule has 3 heterocycles. The Morgan fingerprint density at radius 2 is 1.18 bits per heavy atom. The van der Waals surface area contributed by atoms with Gasteiger partial charge in [0.1, 0.15) is 6.04 Å². The summed E-state index contributed by atoms with van der Waals surface area (Å²) in [7, 11) is 1.66. The van der Waals surface area contributed by atoms with E-state index in [1.807, 2.05) is 4.90 Å². The molecule has 5 amide bonds. The standard InChI is InChI=1S/C44H72BN13O14/c1-51(2)44(46)47-9-3-4-34(50-37(61)27-52-10-12-54(28-39(63)64)14-16-56(30-41(67)68)17-15-55(13-11-52)29-40(65)66)43(70)57-20-18-53(19-21-57)26-36(60)48-23-31-5-7-32(8-6-31)42(69)49-24-38(62)58-25-33(59)22-35(58)45(71)72/h5-8,33-35,59,71-72H,3-4,9-30H2,1-2H3,(H2,46,47)(H,48,60)(H,49,69)(H,50,61)(H,63,64)(H,65,66)(H,67,68). The molecule has 3 unspecified atom stereocenters. The number of carboxylic acid groups (broad SMARTS) is 3. The monoisotopic (exact) mass is 1020 g/mol. The summed E-state index contributed by atoms with van der Waals surface area (Å²) >= 11 is 0. The number of aliphatic imine (C=N–C) groups is 1. The van der Waals surface area contributed by atoms with Crippen molar-refractivity contribution >= 4 is 60.5 Å². The molecule has 3 aliphatic rings. The molecule has 4 rings (SSSR count). The number of benzene rings is 1. The van der Waals surface area contributed by atoms with Gasteiger partial charge in [0.05, 0.1) is 51.3 Å². The average molecular weight is 1020 g/mol. The van der Waals surface area contributed by atoms with E-state index in [2.05, 4.69) is 20.9 Å². The summed E-state index contributed by atoms with van der Waals surface area (Å²) in [5.74, 6) is -6.06. The second-order valence-electron chi connectivity index (χ2n) is 18.4. The van der Waals surface area contributed by atoms with Crippen LogP contribution in [0.1, 0.15) is 35.2 Å². The van der Waals surface area contributed by atoms with Crippen LogP contribution in [0.2, 0.25) is 0 Å². The van der Waals surface area contributed by atoms with Crippen LogP contribution in [0.3, 0.4) is 0 Å². The van der Waals surface area contributed by atoms with E-state index in [0.717, 1.165) is 4.90 Å². The van der Waals surface area contributed by atoms with Crippen molar-refractivity contribution in [1.82, 2.24) is 55.1 Å². The Morgan fingerprint density at radius 3 is 1.65 bits per heavy atom. The summed E-state index contributed by atoms with van der Waals surface area (Å²) in [6, 6.07) is 5.44. The van der Waals surface area contributed by atoms with Crippen molar-refractivity contribution in [3.8, 4) is 0 Å². The van der Waals surface area contributed by atoms with Gasteiger partial charge < -0.3 is 66.9 Å². The largest absolute Gasteiger partial charge is 0.480 e. The predicted molar refractivity (Wildman–Crippen MR) is 260 cm³/mol. The number of aliphatic carboxylic acids is 3. The predicted octanol–water partition coefficient (Wildman–Crippen LogP) is -6.23. The number of β-amino-alcohol motifs (C(OH)–C–C–N with tert-alkyl or cyclic N) is 1. The van der Waals surface area contributed by atoms with Crippen LogP contribution in [0.4, 0.5) is 0 Å². The second-order valence-corrected chi connectivity index (χ2v) is 18.4. The number of rotatable bonds is 22. The number of carbonyl (C=O) groups excluding carboxylic acids is 5. The first-order chi connectivity index (χ1) is 34.2. The smallest absolute Gasteiger partial charge is 0.475 e. The number of guanidine groups is 1. The van der Waals surface area contributed by atoms with E-state index in [4.69, 9.17) is 5.73 Å². The summed E-state index contributed by atoms with van der Waals surface area (Å²) in [5, 5.41) is 65.8. The SMILES string of the molecule is CN(C)C(N)=NCCCC(NC(=O)CN1CCN(CC(=O)O)CCN(CC(=O)O)CCN(CC(=O)O)CC1)C(=O)N1CCN(CC(=O)NCc2ccc(C(=O)NCC(=O)N3CC(O)CC3B(O)O)cc2)CC1. The molecule has 3 atom stereocenters. The zero-order valence-corrected chi connectivity index (χ0v) is 41.1. The normalized spacial score (nSPS) is 19.9. The highest BCUT2D eigenvalue weighted by molar-refractivity contribution is 6.43. The molecule has 400 valence electrons. The number of hydrogen-bond donors (Lipinski definition) is 10. The van der Waals surface area contributed by atoms with Crippen LogP contribution in [0, 0.1) is 0 Å². The Kier molecular flexibility index (Phi) is 24.0. The van der Waals surface area contributed by atoms with Crippen LogP contribution >= 0.6 is 0 Å². The maximum atomic E-state index is 14.1. The highest BCUT2D eigenvalue weighted by atomic mass is 16.4. The number of amides is 5. The molecule has 0 saturated carbocycles. The van der Waals surface area contributed by atoms with Gasteiger partial charge in [0, 0.05) is 118 Å². The van der Waals surface area contributed by atoms with Crippen molar-refractivity contribution < 1.29 is 68.8 Å². The van der Waals surface area contributed by atoms with E-state index in [-0.39, 0.29) is 148 Å². The van der Waals surface area contributed by atoms with Crippen molar-refractivity contribution in [3.05, 3.63) is 35.4 Å². The Balaban J connectivity index is 1.31. The Bertz CT molecular complexity index is 2000. The molecule has 0 aliphatic carbocycles. The molecule has 0 bridgehead atoms. The average Bonchev–Trinajstić information content (AvgIpc) is 3.73. The number of nitrogens with two attached hydrogens (primary N) is 1. The van der Waals surface area contributed by atoms with Crippen molar-refractivity contribution in [2.24, 2.45) is 10.7 Å². The van der Waals surface area contributed by atoms with Gasteiger partial charge in [-0.2, -0.15) is 0 Å². The topological polar surface area (TPSA) is 358 Å². The fraction of sp³-hybridized carbons (Fsp3) is 0.659. The molecule has 3 fully saturated rings. The number of aliphatic hydroxyl groups excluding tert-OH is 1. The third-order valence-electron chi connectivity index (χ3n) is 12.5. The number of likely N-dealkylation sites (tertiary alicyclic amines) is 1. The number of carboxylic acids is 3. The minimum absolute atomic E-state index is 0.0103. The zero-order chi connectivity index (χ0) is 52.9. The summed E-state index contributed by atoms with van der Waals surface area (Å²) < 4.78 is 0. The van der Waals surface area contributed by atoms with E-state index < -0.39 is 67.4 Å². The Labute approximate surface area is 418 Å². The van der Waals surface area contributed by atoms with Gasteiger partial charge >= 0.3 is 25.0 Å². The number of nitrogens with one attached hydrogen (secondary N) is 3. The molecule has 0 aromatic heterocycles. The third-order valence-corrected chi connectivity index (χ3v) is 12.5. The van der Waals surface area contributed by atoms with E-state index in [1.54, 1.807) is 55.6 Å². The van der Waals surface area contributed by atoms with Crippen LogP contribution in [0.15, 0.2) is 29.3 Å². The molecule has 1 aromatic carbocycles. The van der Waals surface area contributed by atoms with E-state index in [9.17, 15) is 68.8 Å². The molecule has 0 spiro atoms. The fourth-order valence-electron chi connectivity index (χ4n) is 8.47. The van der Waals surface area contributed by atoms with Crippen LogP contribution in [0.5, 0.6) is 0 Å². The summed E-state index contributed by atoms with van der Waals surface area (Å²) in [6.07, 6.45) is -0.251. The van der Waals surface area contributed by atoms with Crippen LogP contribution in [-0.4, -0.2) is 293 Å². The summed E-state index contributed by atoms with van der Waals surface area (Å²) in [4.78, 5) is 119. The molecular formula is C44H72BN13O14. The molecule has 72 heavy (non-hydrogen) atoms. The molecule has 3 aliphatic heterocycles. The molecule has 3 saturated heterocycles. The van der Waals surface area contributed by atoms with Gasteiger partial charge in [0.25, 0.3) is 5.91 Å².